The number of thiophene rings is 1. The number of ether oxygens (including phenoxy) is 2. The van der Waals surface area contributed by atoms with Gasteiger partial charge in [-0.25, -0.2) is 14.2 Å². The quantitative estimate of drug-likeness (QED) is 0.646. The number of hydrogen-bond acceptors (Lipinski definition) is 6. The van der Waals surface area contributed by atoms with Gasteiger partial charge in [0, 0.05) is 10.9 Å². The highest BCUT2D eigenvalue weighted by Gasteiger charge is 2.25. The van der Waals surface area contributed by atoms with E-state index in [2.05, 4.69) is 16.9 Å². The number of halogens is 1. The summed E-state index contributed by atoms with van der Waals surface area (Å²) < 4.78 is 24.4. The average molecular weight is 416 g/mol. The van der Waals surface area contributed by atoms with Crippen molar-refractivity contribution in [2.75, 3.05) is 7.11 Å². The first-order valence-electron chi connectivity index (χ1n) is 9.46. The van der Waals surface area contributed by atoms with Gasteiger partial charge in [0.15, 0.2) is 11.9 Å². The number of nitrogens with one attached hydrogen (secondary N) is 1. The van der Waals surface area contributed by atoms with E-state index in [9.17, 15) is 14.0 Å². The van der Waals surface area contributed by atoms with E-state index in [0.717, 1.165) is 30.9 Å². The van der Waals surface area contributed by atoms with E-state index in [1.54, 1.807) is 6.92 Å². The Morgan fingerprint density at radius 1 is 1.41 bits per heavy atom. The van der Waals surface area contributed by atoms with Crippen molar-refractivity contribution >= 4 is 27.5 Å². The number of aromatic amines is 1. The molecule has 0 fully saturated rings. The largest absolute Gasteiger partial charge is 0.497 e. The third kappa shape index (κ3) is 3.64. The summed E-state index contributed by atoms with van der Waals surface area (Å²) in [4.78, 5) is 34.2. The minimum absolute atomic E-state index is 0.207. The first-order chi connectivity index (χ1) is 13.9. The number of nitrogens with zero attached hydrogens (tertiary/aromatic N) is 1. The molecule has 0 saturated heterocycles. The van der Waals surface area contributed by atoms with E-state index in [1.165, 1.54) is 35.5 Å². The third-order valence-electron chi connectivity index (χ3n) is 5.25. The zero-order valence-electron chi connectivity index (χ0n) is 16.4. The number of aryl methyl sites for hydroxylation is 1. The van der Waals surface area contributed by atoms with Crippen LogP contribution in [-0.4, -0.2) is 23.0 Å². The van der Waals surface area contributed by atoms with Gasteiger partial charge in [-0.2, -0.15) is 0 Å². The first kappa shape index (κ1) is 19.6. The second-order valence-electron chi connectivity index (χ2n) is 7.38. The van der Waals surface area contributed by atoms with Gasteiger partial charge in [0.25, 0.3) is 5.56 Å². The van der Waals surface area contributed by atoms with Crippen molar-refractivity contribution in [1.82, 2.24) is 9.97 Å². The molecule has 3 aromatic rings. The van der Waals surface area contributed by atoms with Crippen LogP contribution in [0.5, 0.6) is 5.75 Å². The van der Waals surface area contributed by atoms with Crippen LogP contribution in [0.4, 0.5) is 4.39 Å². The Kier molecular flexibility index (Phi) is 5.12. The van der Waals surface area contributed by atoms with Crippen LogP contribution in [0.1, 0.15) is 53.0 Å². The molecule has 0 unspecified atom stereocenters. The van der Waals surface area contributed by atoms with E-state index in [1.807, 2.05) is 0 Å². The second-order valence-corrected chi connectivity index (χ2v) is 8.46. The minimum Gasteiger partial charge on any atom is -0.497 e. The summed E-state index contributed by atoms with van der Waals surface area (Å²) in [6.45, 7) is 3.80. The van der Waals surface area contributed by atoms with Gasteiger partial charge in [0.2, 0.25) is 0 Å². The number of fused-ring (bicyclic) bond motifs is 3. The number of hydrogen-bond donors (Lipinski definition) is 1. The molecule has 152 valence electrons. The summed E-state index contributed by atoms with van der Waals surface area (Å²) in [5, 5.41) is 0.639. The van der Waals surface area contributed by atoms with Gasteiger partial charge in [-0.05, 0) is 49.8 Å². The summed E-state index contributed by atoms with van der Waals surface area (Å²) in [5.74, 6) is -0.428. The molecule has 1 N–H and O–H groups in total. The van der Waals surface area contributed by atoms with Crippen molar-refractivity contribution in [2.24, 2.45) is 5.92 Å². The summed E-state index contributed by atoms with van der Waals surface area (Å²) in [7, 11) is 1.41. The van der Waals surface area contributed by atoms with E-state index in [0.29, 0.717) is 21.9 Å². The average Bonchev–Trinajstić information content (AvgIpc) is 3.05. The standard InChI is InChI=1S/C21H21FN2O4S/c1-10-4-6-14-16(8-10)29-20-17(14)19(25)23-18(24-20)11(2)28-21(26)13-7-5-12(27-3)9-15(13)22/h5,7,9-11H,4,6,8H2,1-3H3,(H,23,24,25)/t10-,11+/m0/s1. The van der Waals surface area contributed by atoms with Crippen LogP contribution in [-0.2, 0) is 17.6 Å². The fraction of sp³-hybridized carbons (Fsp3) is 0.381. The van der Waals surface area contributed by atoms with Crippen LogP contribution >= 0.6 is 11.3 Å². The molecule has 2 atom stereocenters. The number of benzene rings is 1. The molecular formula is C21H21FN2O4S. The van der Waals surface area contributed by atoms with Crippen LogP contribution in [0.15, 0.2) is 23.0 Å². The Morgan fingerprint density at radius 2 is 2.21 bits per heavy atom. The summed E-state index contributed by atoms with van der Waals surface area (Å²) >= 11 is 1.53. The van der Waals surface area contributed by atoms with Gasteiger partial charge >= 0.3 is 5.97 Å². The Labute approximate surface area is 170 Å². The van der Waals surface area contributed by atoms with Crippen molar-refractivity contribution < 1.29 is 18.7 Å². The molecule has 0 amide bonds. The van der Waals surface area contributed by atoms with Gasteiger partial charge in [-0.1, -0.05) is 6.92 Å². The first-order valence-corrected chi connectivity index (χ1v) is 10.3. The number of carbonyl (C=O) groups excluding carboxylic acids is 1. The lowest BCUT2D eigenvalue weighted by atomic mass is 9.89. The van der Waals surface area contributed by atoms with Crippen LogP contribution in [0.25, 0.3) is 10.2 Å². The number of rotatable bonds is 4. The van der Waals surface area contributed by atoms with Gasteiger partial charge < -0.3 is 14.5 Å². The lowest BCUT2D eigenvalue weighted by Gasteiger charge is -2.17. The summed E-state index contributed by atoms with van der Waals surface area (Å²) in [5.41, 5.74) is 0.658. The number of aromatic nitrogens is 2. The lowest BCUT2D eigenvalue weighted by molar-refractivity contribution is 0.0314. The minimum atomic E-state index is -0.834. The molecule has 8 heteroatoms. The van der Waals surface area contributed by atoms with Gasteiger partial charge in [0.1, 0.15) is 16.4 Å². The predicted octanol–water partition coefficient (Wildman–Crippen LogP) is 4.18. The normalized spacial score (nSPS) is 17.0. The van der Waals surface area contributed by atoms with Gasteiger partial charge in [-0.15, -0.1) is 11.3 Å². The van der Waals surface area contributed by atoms with Gasteiger partial charge in [-0.3, -0.25) is 4.79 Å². The highest BCUT2D eigenvalue weighted by Crippen LogP contribution is 2.36. The van der Waals surface area contributed by atoms with Crippen molar-refractivity contribution in [2.45, 2.75) is 39.2 Å². The fourth-order valence-electron chi connectivity index (χ4n) is 3.63. The second kappa shape index (κ2) is 7.59. The Morgan fingerprint density at radius 3 is 2.93 bits per heavy atom. The van der Waals surface area contributed by atoms with Crippen molar-refractivity contribution in [3.8, 4) is 5.75 Å². The molecule has 0 spiro atoms. The smallest absolute Gasteiger partial charge is 0.341 e. The van der Waals surface area contributed by atoms with Crippen molar-refractivity contribution in [3.05, 3.63) is 56.2 Å². The van der Waals surface area contributed by atoms with Crippen molar-refractivity contribution in [3.63, 3.8) is 0 Å². The highest BCUT2D eigenvalue weighted by atomic mass is 32.1. The van der Waals surface area contributed by atoms with E-state index in [4.69, 9.17) is 9.47 Å². The monoisotopic (exact) mass is 416 g/mol. The van der Waals surface area contributed by atoms with Crippen molar-refractivity contribution in [1.29, 1.82) is 0 Å². The molecule has 2 heterocycles. The van der Waals surface area contributed by atoms with Crippen LogP contribution < -0.4 is 10.3 Å². The maximum atomic E-state index is 14.1. The molecule has 2 aromatic heterocycles. The molecule has 0 aliphatic heterocycles. The molecule has 29 heavy (non-hydrogen) atoms. The molecule has 1 aromatic carbocycles. The van der Waals surface area contributed by atoms with Crippen LogP contribution in [0.3, 0.4) is 0 Å². The Hall–Kier alpha value is -2.74. The fourth-order valence-corrected chi connectivity index (χ4v) is 5.02. The highest BCUT2D eigenvalue weighted by molar-refractivity contribution is 7.18. The maximum Gasteiger partial charge on any atom is 0.341 e. The zero-order chi connectivity index (χ0) is 20.7. The molecule has 4 rings (SSSR count). The lowest BCUT2D eigenvalue weighted by Crippen LogP contribution is -2.18. The number of esters is 1. The third-order valence-corrected chi connectivity index (χ3v) is 6.40. The molecular weight excluding hydrogens is 395 g/mol. The number of H-pyrrole nitrogens is 1. The van der Waals surface area contributed by atoms with E-state index < -0.39 is 17.9 Å². The van der Waals surface area contributed by atoms with Gasteiger partial charge in [0.05, 0.1) is 18.1 Å². The molecule has 1 aliphatic rings. The topological polar surface area (TPSA) is 81.3 Å². The van der Waals surface area contributed by atoms with E-state index in [-0.39, 0.29) is 16.9 Å². The molecule has 0 bridgehead atoms. The molecule has 0 radical (unpaired) electrons. The van der Waals surface area contributed by atoms with E-state index >= 15 is 0 Å². The zero-order valence-corrected chi connectivity index (χ0v) is 17.2. The van der Waals surface area contributed by atoms with Crippen LogP contribution in [0.2, 0.25) is 0 Å². The number of carbonyl (C=O) groups is 1. The SMILES string of the molecule is COc1ccc(C(=O)O[C@H](C)c2nc3sc4c(c3c(=O)[nH]2)CC[C@H](C)C4)c(F)c1. The summed E-state index contributed by atoms with van der Waals surface area (Å²) in [6, 6.07) is 3.90. The Balaban J connectivity index is 1.61. The maximum absolute atomic E-state index is 14.1. The Bertz CT molecular complexity index is 1150. The number of methoxy groups -OCH3 is 1. The van der Waals surface area contributed by atoms with Crippen LogP contribution in [0, 0.1) is 11.7 Å². The molecule has 0 saturated carbocycles. The summed E-state index contributed by atoms with van der Waals surface area (Å²) in [6.07, 6.45) is 2.05. The predicted molar refractivity (Wildman–Crippen MR) is 108 cm³/mol. The molecule has 6 nitrogen and oxygen atoms in total. The molecule has 1 aliphatic carbocycles.